The molecule has 0 aromatic rings. The van der Waals surface area contributed by atoms with Gasteiger partial charge in [0.2, 0.25) is 0 Å². The summed E-state index contributed by atoms with van der Waals surface area (Å²) >= 11 is 3.75. The van der Waals surface area contributed by atoms with E-state index in [2.05, 4.69) is 41.6 Å². The van der Waals surface area contributed by atoms with Crippen LogP contribution in [-0.2, 0) is 0 Å². The summed E-state index contributed by atoms with van der Waals surface area (Å²) in [6.45, 7) is 10.7. The summed E-state index contributed by atoms with van der Waals surface area (Å²) < 4.78 is 0. The largest absolute Gasteiger partial charge is 0.302 e. The van der Waals surface area contributed by atoms with Crippen LogP contribution in [0.4, 0.5) is 0 Å². The topological polar surface area (TPSA) is 3.24 Å². The van der Waals surface area contributed by atoms with Gasteiger partial charge >= 0.3 is 0 Å². The molecule has 1 atom stereocenters. The third-order valence-electron chi connectivity index (χ3n) is 2.73. The Hall–Kier alpha value is 0.440. The van der Waals surface area contributed by atoms with Crippen LogP contribution in [0.15, 0.2) is 0 Å². The van der Waals surface area contributed by atoms with Gasteiger partial charge in [0.05, 0.1) is 0 Å². The van der Waals surface area contributed by atoms with Gasteiger partial charge in [0, 0.05) is 17.9 Å². The quantitative estimate of drug-likeness (QED) is 0.679. The van der Waals surface area contributed by atoms with Gasteiger partial charge in [-0.1, -0.05) is 43.1 Å². The molecule has 1 nitrogen and oxygen atoms in total. The van der Waals surface area contributed by atoms with Crippen LogP contribution in [-0.4, -0.2) is 29.4 Å². The Morgan fingerprint density at radius 2 is 2.17 bits per heavy atom. The van der Waals surface area contributed by atoms with Crippen molar-refractivity contribution in [3.05, 3.63) is 0 Å². The van der Waals surface area contributed by atoms with Gasteiger partial charge in [0.25, 0.3) is 0 Å². The zero-order valence-corrected chi connectivity index (χ0v) is 10.0. The van der Waals surface area contributed by atoms with Crippen LogP contribution in [0, 0.1) is 5.41 Å². The Morgan fingerprint density at radius 3 is 2.58 bits per heavy atom. The van der Waals surface area contributed by atoms with E-state index < -0.39 is 0 Å². The molecule has 1 aliphatic rings. The fraction of sp³-hybridized carbons (Fsp3) is 1.00. The summed E-state index contributed by atoms with van der Waals surface area (Å²) in [5, 5.41) is 0. The smallest absolute Gasteiger partial charge is 0.0336 e. The molecular weight excluding hydrogens is 214 g/mol. The van der Waals surface area contributed by atoms with E-state index in [-0.39, 0.29) is 0 Å². The van der Waals surface area contributed by atoms with E-state index in [1.807, 2.05) is 0 Å². The lowest BCUT2D eigenvalue weighted by Crippen LogP contribution is -2.24. The monoisotopic (exact) mass is 233 g/mol. The van der Waals surface area contributed by atoms with Crippen LogP contribution >= 0.6 is 15.9 Å². The standard InChI is InChI=1S/C10H20BrN/c1-4-5-6-12-7-9(11)10(2,3)8-12/h9H,4-8H2,1-3H3. The van der Waals surface area contributed by atoms with Crippen LogP contribution in [0.3, 0.4) is 0 Å². The first-order chi connectivity index (χ1) is 5.56. The Balaban J connectivity index is 2.33. The predicted molar refractivity (Wildman–Crippen MR) is 57.8 cm³/mol. The summed E-state index contributed by atoms with van der Waals surface area (Å²) in [6.07, 6.45) is 2.65. The molecule has 2 heteroatoms. The summed E-state index contributed by atoms with van der Waals surface area (Å²) in [5.41, 5.74) is 0.466. The summed E-state index contributed by atoms with van der Waals surface area (Å²) in [6, 6.07) is 0. The molecule has 0 aromatic carbocycles. The zero-order valence-electron chi connectivity index (χ0n) is 8.44. The Kier molecular flexibility index (Phi) is 3.59. The Morgan fingerprint density at radius 1 is 1.50 bits per heavy atom. The molecule has 0 aromatic heterocycles. The number of alkyl halides is 1. The Labute approximate surface area is 84.6 Å². The number of halogens is 1. The first kappa shape index (κ1) is 10.5. The maximum absolute atomic E-state index is 3.75. The molecule has 12 heavy (non-hydrogen) atoms. The molecule has 0 bridgehead atoms. The van der Waals surface area contributed by atoms with E-state index >= 15 is 0 Å². The Bertz CT molecular complexity index is 145. The molecule has 1 fully saturated rings. The third kappa shape index (κ3) is 2.46. The molecule has 0 amide bonds. The van der Waals surface area contributed by atoms with E-state index in [0.717, 1.165) is 0 Å². The van der Waals surface area contributed by atoms with E-state index in [1.54, 1.807) is 0 Å². The first-order valence-electron chi connectivity index (χ1n) is 4.92. The summed E-state index contributed by atoms with van der Waals surface area (Å²) in [4.78, 5) is 3.25. The third-order valence-corrected chi connectivity index (χ3v) is 4.25. The number of hydrogen-bond donors (Lipinski definition) is 0. The van der Waals surface area contributed by atoms with Crippen molar-refractivity contribution in [1.82, 2.24) is 4.90 Å². The second-order valence-corrected chi connectivity index (χ2v) is 5.65. The number of unbranched alkanes of at least 4 members (excludes halogenated alkanes) is 1. The minimum Gasteiger partial charge on any atom is -0.302 e. The number of nitrogens with zero attached hydrogens (tertiary/aromatic N) is 1. The van der Waals surface area contributed by atoms with E-state index in [1.165, 1.54) is 32.5 Å². The van der Waals surface area contributed by atoms with Crippen molar-refractivity contribution >= 4 is 15.9 Å². The minimum atomic E-state index is 0.466. The van der Waals surface area contributed by atoms with Crippen LogP contribution in [0.5, 0.6) is 0 Å². The van der Waals surface area contributed by atoms with Crippen molar-refractivity contribution in [1.29, 1.82) is 0 Å². The first-order valence-corrected chi connectivity index (χ1v) is 5.84. The van der Waals surface area contributed by atoms with E-state index in [9.17, 15) is 0 Å². The van der Waals surface area contributed by atoms with Gasteiger partial charge in [-0.05, 0) is 18.4 Å². The highest BCUT2D eigenvalue weighted by Gasteiger charge is 2.36. The second-order valence-electron chi connectivity index (χ2n) is 4.54. The maximum atomic E-state index is 3.75. The molecule has 72 valence electrons. The highest BCUT2D eigenvalue weighted by atomic mass is 79.9. The van der Waals surface area contributed by atoms with Gasteiger partial charge in [0.15, 0.2) is 0 Å². The van der Waals surface area contributed by atoms with Crippen molar-refractivity contribution in [3.63, 3.8) is 0 Å². The molecule has 1 unspecified atom stereocenters. The lowest BCUT2D eigenvalue weighted by molar-refractivity contribution is 0.288. The second kappa shape index (κ2) is 4.10. The van der Waals surface area contributed by atoms with Crippen LogP contribution in [0.25, 0.3) is 0 Å². The van der Waals surface area contributed by atoms with Crippen molar-refractivity contribution in [2.45, 2.75) is 38.4 Å². The molecule has 1 rings (SSSR count). The average molecular weight is 234 g/mol. The van der Waals surface area contributed by atoms with Gasteiger partial charge in [-0.25, -0.2) is 0 Å². The molecule has 1 saturated heterocycles. The van der Waals surface area contributed by atoms with Gasteiger partial charge in [-0.2, -0.15) is 0 Å². The average Bonchev–Trinajstić information content (AvgIpc) is 2.22. The van der Waals surface area contributed by atoms with Crippen LogP contribution < -0.4 is 0 Å². The maximum Gasteiger partial charge on any atom is 0.0336 e. The van der Waals surface area contributed by atoms with Gasteiger partial charge in [-0.3, -0.25) is 0 Å². The fourth-order valence-corrected chi connectivity index (χ4v) is 2.32. The normalized spacial score (nSPS) is 29.5. The highest BCUT2D eigenvalue weighted by Crippen LogP contribution is 2.34. The predicted octanol–water partition coefficient (Wildman–Crippen LogP) is 2.89. The molecule has 0 radical (unpaired) electrons. The lowest BCUT2D eigenvalue weighted by Gasteiger charge is -2.21. The number of rotatable bonds is 3. The van der Waals surface area contributed by atoms with Gasteiger partial charge in [-0.15, -0.1) is 0 Å². The molecule has 0 N–H and O–H groups in total. The number of hydrogen-bond acceptors (Lipinski definition) is 1. The van der Waals surface area contributed by atoms with Crippen LogP contribution in [0.2, 0.25) is 0 Å². The zero-order chi connectivity index (χ0) is 9.19. The lowest BCUT2D eigenvalue weighted by atomic mass is 9.93. The van der Waals surface area contributed by atoms with Crippen molar-refractivity contribution in [3.8, 4) is 0 Å². The molecule has 1 aliphatic heterocycles. The summed E-state index contributed by atoms with van der Waals surface area (Å²) in [7, 11) is 0. The van der Waals surface area contributed by atoms with Crippen molar-refractivity contribution in [2.75, 3.05) is 19.6 Å². The fourth-order valence-electron chi connectivity index (χ4n) is 1.77. The number of likely N-dealkylation sites (tertiary alicyclic amines) is 1. The molecule has 0 aliphatic carbocycles. The van der Waals surface area contributed by atoms with E-state index in [4.69, 9.17) is 0 Å². The van der Waals surface area contributed by atoms with Gasteiger partial charge < -0.3 is 4.90 Å². The van der Waals surface area contributed by atoms with Gasteiger partial charge in [0.1, 0.15) is 0 Å². The van der Waals surface area contributed by atoms with Crippen LogP contribution in [0.1, 0.15) is 33.6 Å². The molecule has 0 saturated carbocycles. The van der Waals surface area contributed by atoms with Crippen molar-refractivity contribution in [2.24, 2.45) is 5.41 Å². The molecule has 1 heterocycles. The van der Waals surface area contributed by atoms with E-state index in [0.29, 0.717) is 10.2 Å². The molecule has 0 spiro atoms. The minimum absolute atomic E-state index is 0.466. The highest BCUT2D eigenvalue weighted by molar-refractivity contribution is 9.09. The SMILES string of the molecule is CCCCN1CC(Br)C(C)(C)C1. The summed E-state index contributed by atoms with van der Waals surface area (Å²) in [5.74, 6) is 0. The molecular formula is C10H20BrN. The van der Waals surface area contributed by atoms with Crippen molar-refractivity contribution < 1.29 is 0 Å².